The summed E-state index contributed by atoms with van der Waals surface area (Å²) in [6.07, 6.45) is -2.25. The maximum absolute atomic E-state index is 14.8. The first kappa shape index (κ1) is 19.2. The highest BCUT2D eigenvalue weighted by Gasteiger charge is 2.47. The Morgan fingerprint density at radius 1 is 1.14 bits per heavy atom. The Kier molecular flexibility index (Phi) is 4.67. The standard InChI is InChI=1S/C18H20F2N4O5/c1-9(25)21-5-11-6-24(18(27)28-11)10-3-12(19)16(13(20)4-10)23-7-14-15(8-23)29-17(26)22(14)2/h3-4,11,14-15H,5-8H2,1-2H3,(H,21,25). The molecule has 3 aliphatic heterocycles. The molecule has 3 saturated heterocycles. The zero-order valence-electron chi connectivity index (χ0n) is 15.9. The van der Waals surface area contributed by atoms with Crippen LogP contribution < -0.4 is 15.1 Å². The number of amides is 3. The van der Waals surface area contributed by atoms with E-state index in [1.807, 2.05) is 0 Å². The van der Waals surface area contributed by atoms with Gasteiger partial charge in [0.2, 0.25) is 5.91 Å². The topological polar surface area (TPSA) is 91.4 Å². The van der Waals surface area contributed by atoms with Gasteiger partial charge in [-0.3, -0.25) is 9.69 Å². The van der Waals surface area contributed by atoms with E-state index < -0.39 is 36.0 Å². The first-order valence-electron chi connectivity index (χ1n) is 9.14. The molecule has 1 aromatic rings. The van der Waals surface area contributed by atoms with E-state index in [0.717, 1.165) is 17.0 Å². The van der Waals surface area contributed by atoms with E-state index in [0.29, 0.717) is 0 Å². The van der Waals surface area contributed by atoms with Crippen molar-refractivity contribution in [1.29, 1.82) is 0 Å². The van der Waals surface area contributed by atoms with Gasteiger partial charge in [-0.15, -0.1) is 0 Å². The lowest BCUT2D eigenvalue weighted by molar-refractivity contribution is -0.119. The quantitative estimate of drug-likeness (QED) is 0.799. The van der Waals surface area contributed by atoms with E-state index in [1.54, 1.807) is 7.05 Å². The molecule has 11 heteroatoms. The number of nitrogens with zero attached hydrogens (tertiary/aromatic N) is 3. The highest BCUT2D eigenvalue weighted by molar-refractivity contribution is 5.90. The Bertz CT molecular complexity index is 859. The van der Waals surface area contributed by atoms with Crippen LogP contribution in [0, 0.1) is 11.6 Å². The van der Waals surface area contributed by atoms with Crippen molar-refractivity contribution in [3.63, 3.8) is 0 Å². The Labute approximate surface area is 165 Å². The van der Waals surface area contributed by atoms with Crippen LogP contribution in [-0.2, 0) is 14.3 Å². The van der Waals surface area contributed by atoms with Crippen LogP contribution in [0.25, 0.3) is 0 Å². The van der Waals surface area contributed by atoms with Crippen LogP contribution in [-0.4, -0.2) is 74.5 Å². The number of carbonyl (C=O) groups is 3. The van der Waals surface area contributed by atoms with Gasteiger partial charge in [-0.05, 0) is 0 Å². The predicted molar refractivity (Wildman–Crippen MR) is 96.7 cm³/mol. The van der Waals surface area contributed by atoms with Crippen LogP contribution in [0.1, 0.15) is 6.92 Å². The Hall–Kier alpha value is -3.11. The molecule has 0 bridgehead atoms. The molecule has 29 heavy (non-hydrogen) atoms. The van der Waals surface area contributed by atoms with Crippen molar-refractivity contribution >= 4 is 29.5 Å². The van der Waals surface area contributed by atoms with Crippen LogP contribution >= 0.6 is 0 Å². The molecule has 0 aromatic heterocycles. The number of anilines is 2. The van der Waals surface area contributed by atoms with Crippen molar-refractivity contribution < 1.29 is 32.6 Å². The summed E-state index contributed by atoms with van der Waals surface area (Å²) in [5.41, 5.74) is -0.197. The third-order valence-electron chi connectivity index (χ3n) is 5.36. The average Bonchev–Trinajstić information content (AvgIpc) is 3.28. The minimum absolute atomic E-state index is 0.0296. The number of nitrogens with one attached hydrogen (secondary N) is 1. The molecule has 3 heterocycles. The molecule has 3 aliphatic rings. The maximum Gasteiger partial charge on any atom is 0.414 e. The van der Waals surface area contributed by atoms with E-state index in [4.69, 9.17) is 9.47 Å². The molecule has 0 spiro atoms. The Morgan fingerprint density at radius 3 is 2.45 bits per heavy atom. The fourth-order valence-corrected chi connectivity index (χ4v) is 3.88. The molecule has 9 nitrogen and oxygen atoms in total. The molecule has 1 N–H and O–H groups in total. The number of carbonyl (C=O) groups excluding carboxylic acids is 3. The highest BCUT2D eigenvalue weighted by atomic mass is 19.1. The second-order valence-corrected chi connectivity index (χ2v) is 7.32. The van der Waals surface area contributed by atoms with Crippen molar-refractivity contribution in [2.24, 2.45) is 0 Å². The number of likely N-dealkylation sites (N-methyl/N-ethyl adjacent to an activating group) is 1. The third-order valence-corrected chi connectivity index (χ3v) is 5.36. The SMILES string of the molecule is CC(=O)NCC1CN(c2cc(F)c(N3CC4OC(=O)N(C)C4C3)c(F)c2)C(=O)O1. The highest BCUT2D eigenvalue weighted by Crippen LogP contribution is 2.35. The first-order chi connectivity index (χ1) is 13.7. The van der Waals surface area contributed by atoms with Crippen molar-refractivity contribution in [2.45, 2.75) is 25.2 Å². The number of hydrogen-bond donors (Lipinski definition) is 1. The number of cyclic esters (lactones) is 1. The largest absolute Gasteiger partial charge is 0.442 e. The zero-order chi connectivity index (χ0) is 20.9. The zero-order valence-corrected chi connectivity index (χ0v) is 15.9. The van der Waals surface area contributed by atoms with E-state index in [2.05, 4.69) is 5.32 Å². The van der Waals surface area contributed by atoms with Gasteiger partial charge < -0.3 is 24.6 Å². The van der Waals surface area contributed by atoms with E-state index in [9.17, 15) is 23.2 Å². The van der Waals surface area contributed by atoms with Gasteiger partial charge in [0, 0.05) is 32.6 Å². The summed E-state index contributed by atoms with van der Waals surface area (Å²) in [6, 6.07) is 1.87. The number of rotatable bonds is 4. The monoisotopic (exact) mass is 410 g/mol. The molecule has 4 rings (SSSR count). The van der Waals surface area contributed by atoms with Gasteiger partial charge in [-0.1, -0.05) is 0 Å². The van der Waals surface area contributed by atoms with Gasteiger partial charge in [0.15, 0.2) is 11.6 Å². The third kappa shape index (κ3) is 3.40. The normalized spacial score (nSPS) is 25.9. The minimum Gasteiger partial charge on any atom is -0.442 e. The lowest BCUT2D eigenvalue weighted by Crippen LogP contribution is -2.35. The van der Waals surface area contributed by atoms with Gasteiger partial charge in [-0.25, -0.2) is 18.4 Å². The summed E-state index contributed by atoms with van der Waals surface area (Å²) in [4.78, 5) is 38.7. The lowest BCUT2D eigenvalue weighted by Gasteiger charge is -2.23. The first-order valence-corrected chi connectivity index (χ1v) is 9.14. The molecule has 0 radical (unpaired) electrons. The van der Waals surface area contributed by atoms with Gasteiger partial charge in [0.25, 0.3) is 0 Å². The van der Waals surface area contributed by atoms with Gasteiger partial charge in [0.05, 0.1) is 31.4 Å². The van der Waals surface area contributed by atoms with E-state index in [-0.39, 0.29) is 49.5 Å². The van der Waals surface area contributed by atoms with Crippen LogP contribution in [0.2, 0.25) is 0 Å². The molecule has 0 saturated carbocycles. The van der Waals surface area contributed by atoms with Crippen LogP contribution in [0.5, 0.6) is 0 Å². The van der Waals surface area contributed by atoms with Gasteiger partial charge in [-0.2, -0.15) is 0 Å². The fourth-order valence-electron chi connectivity index (χ4n) is 3.88. The summed E-state index contributed by atoms with van der Waals surface area (Å²) in [7, 11) is 1.59. The number of hydrogen-bond acceptors (Lipinski definition) is 6. The summed E-state index contributed by atoms with van der Waals surface area (Å²) < 4.78 is 39.9. The lowest BCUT2D eigenvalue weighted by atomic mass is 10.2. The Morgan fingerprint density at radius 2 is 1.83 bits per heavy atom. The fraction of sp³-hybridized carbons (Fsp3) is 0.500. The number of halogens is 2. The molecule has 3 unspecified atom stereocenters. The number of ether oxygens (including phenoxy) is 2. The van der Waals surface area contributed by atoms with Crippen molar-refractivity contribution in [2.75, 3.05) is 43.0 Å². The molecule has 0 aliphatic carbocycles. The maximum atomic E-state index is 14.8. The molecule has 1 aromatic carbocycles. The van der Waals surface area contributed by atoms with E-state index >= 15 is 0 Å². The van der Waals surface area contributed by atoms with Crippen molar-refractivity contribution in [1.82, 2.24) is 10.2 Å². The molecular formula is C18H20F2N4O5. The molecule has 156 valence electrons. The average molecular weight is 410 g/mol. The number of benzene rings is 1. The van der Waals surface area contributed by atoms with Crippen LogP contribution in [0.4, 0.5) is 29.7 Å². The van der Waals surface area contributed by atoms with Crippen molar-refractivity contribution in [3.05, 3.63) is 23.8 Å². The minimum atomic E-state index is -0.827. The van der Waals surface area contributed by atoms with Gasteiger partial charge >= 0.3 is 12.2 Å². The van der Waals surface area contributed by atoms with Gasteiger partial charge in [0.1, 0.15) is 17.9 Å². The van der Waals surface area contributed by atoms with Crippen LogP contribution in [0.15, 0.2) is 12.1 Å². The second kappa shape index (κ2) is 7.05. The smallest absolute Gasteiger partial charge is 0.414 e. The summed E-state index contributed by atoms with van der Waals surface area (Å²) in [6.45, 7) is 1.93. The predicted octanol–water partition coefficient (Wildman–Crippen LogP) is 1.07. The summed E-state index contributed by atoms with van der Waals surface area (Å²) in [5.74, 6) is -1.92. The molecular weight excluding hydrogens is 390 g/mol. The Balaban J connectivity index is 1.50. The molecule has 3 fully saturated rings. The van der Waals surface area contributed by atoms with Crippen LogP contribution in [0.3, 0.4) is 0 Å². The van der Waals surface area contributed by atoms with Crippen molar-refractivity contribution in [3.8, 4) is 0 Å². The molecule has 3 atom stereocenters. The summed E-state index contributed by atoms with van der Waals surface area (Å²) >= 11 is 0. The van der Waals surface area contributed by atoms with E-state index in [1.165, 1.54) is 16.7 Å². The number of fused-ring (bicyclic) bond motifs is 1. The molecule has 3 amide bonds. The second-order valence-electron chi connectivity index (χ2n) is 7.32. The summed E-state index contributed by atoms with van der Waals surface area (Å²) in [5, 5.41) is 2.54.